The lowest BCUT2D eigenvalue weighted by Crippen LogP contribution is -2.40. The minimum absolute atomic E-state index is 0.323. The highest BCUT2D eigenvalue weighted by molar-refractivity contribution is 5.96. The van der Waals surface area contributed by atoms with E-state index >= 15 is 0 Å². The molecule has 2 rings (SSSR count). The average molecular weight is 275 g/mol. The van der Waals surface area contributed by atoms with Crippen LogP contribution in [-0.4, -0.2) is 43.2 Å². The maximum absolute atomic E-state index is 11.9. The van der Waals surface area contributed by atoms with E-state index in [0.29, 0.717) is 17.7 Å². The van der Waals surface area contributed by atoms with Gasteiger partial charge in [0, 0.05) is 5.56 Å². The maximum Gasteiger partial charge on any atom is 0.326 e. The molecule has 8 nitrogen and oxygen atoms in total. The number of carboxylic acid groups (broad SMARTS) is 1. The lowest BCUT2D eigenvalue weighted by Gasteiger charge is -2.12. The highest BCUT2D eigenvalue weighted by atomic mass is 16.4. The maximum atomic E-state index is 11.9. The zero-order chi connectivity index (χ0) is 14.5. The van der Waals surface area contributed by atoms with E-state index in [0.717, 1.165) is 0 Å². The van der Waals surface area contributed by atoms with Crippen molar-refractivity contribution in [2.24, 2.45) is 0 Å². The van der Waals surface area contributed by atoms with Gasteiger partial charge in [0.2, 0.25) is 0 Å². The van der Waals surface area contributed by atoms with E-state index in [1.54, 1.807) is 31.2 Å². The molecule has 0 bridgehead atoms. The third-order valence-corrected chi connectivity index (χ3v) is 2.75. The first-order chi connectivity index (χ1) is 9.61. The Kier molecular flexibility index (Phi) is 4.04. The number of carbonyl (C=O) groups is 2. The van der Waals surface area contributed by atoms with E-state index in [-0.39, 0.29) is 0 Å². The first kappa shape index (κ1) is 13.7. The summed E-state index contributed by atoms with van der Waals surface area (Å²) in [5.74, 6) is -1.48. The molecule has 2 aromatic rings. The quantitative estimate of drug-likeness (QED) is 0.809. The second-order valence-electron chi connectivity index (χ2n) is 4.07. The van der Waals surface area contributed by atoms with Crippen molar-refractivity contribution in [3.05, 3.63) is 36.2 Å². The zero-order valence-electron chi connectivity index (χ0n) is 10.7. The molecule has 1 amide bonds. The molecule has 8 heteroatoms. The minimum Gasteiger partial charge on any atom is -0.480 e. The van der Waals surface area contributed by atoms with E-state index < -0.39 is 17.9 Å². The Morgan fingerprint density at radius 3 is 2.55 bits per heavy atom. The normalized spacial score (nSPS) is 11.8. The molecule has 0 fully saturated rings. The number of tetrazole rings is 1. The first-order valence-corrected chi connectivity index (χ1v) is 5.99. The van der Waals surface area contributed by atoms with Gasteiger partial charge in [-0.15, -0.1) is 5.10 Å². The summed E-state index contributed by atoms with van der Waals surface area (Å²) in [5, 5.41) is 22.1. The van der Waals surface area contributed by atoms with Gasteiger partial charge in [-0.3, -0.25) is 4.79 Å². The molecular formula is C12H13N5O3. The van der Waals surface area contributed by atoms with Crippen molar-refractivity contribution in [3.63, 3.8) is 0 Å². The molecule has 2 N–H and O–H groups in total. The van der Waals surface area contributed by atoms with Crippen molar-refractivity contribution in [1.82, 2.24) is 25.5 Å². The molecule has 1 atom stereocenters. The zero-order valence-corrected chi connectivity index (χ0v) is 10.7. The topological polar surface area (TPSA) is 110 Å². The molecule has 0 saturated heterocycles. The minimum atomic E-state index is -1.05. The second kappa shape index (κ2) is 5.91. The van der Waals surface area contributed by atoms with Crippen LogP contribution in [0.2, 0.25) is 0 Å². The van der Waals surface area contributed by atoms with Crippen LogP contribution in [0.3, 0.4) is 0 Å². The molecule has 1 aromatic carbocycles. The van der Waals surface area contributed by atoms with Gasteiger partial charge in [-0.05, 0) is 41.1 Å². The standard InChI is InChI=1S/C12H13N5O3/c1-2-10(12(19)20)14-11(18)8-3-5-9(6-4-8)17-7-13-15-16-17/h3-7,10H,2H2,1H3,(H,14,18)(H,19,20)/t10-/m0/s1. The van der Waals surface area contributed by atoms with Gasteiger partial charge in [-0.1, -0.05) is 6.92 Å². The number of benzene rings is 1. The Morgan fingerprint density at radius 1 is 1.35 bits per heavy atom. The van der Waals surface area contributed by atoms with Crippen LogP contribution in [0.4, 0.5) is 0 Å². The van der Waals surface area contributed by atoms with Gasteiger partial charge in [0.05, 0.1) is 5.69 Å². The Hall–Kier alpha value is -2.77. The van der Waals surface area contributed by atoms with Gasteiger partial charge < -0.3 is 10.4 Å². The van der Waals surface area contributed by atoms with E-state index in [4.69, 9.17) is 5.11 Å². The molecule has 1 heterocycles. The molecule has 1 aromatic heterocycles. The van der Waals surface area contributed by atoms with Crippen LogP contribution < -0.4 is 5.32 Å². The number of carbonyl (C=O) groups excluding carboxylic acids is 1. The van der Waals surface area contributed by atoms with Crippen LogP contribution >= 0.6 is 0 Å². The van der Waals surface area contributed by atoms with Crippen molar-refractivity contribution in [1.29, 1.82) is 0 Å². The lowest BCUT2D eigenvalue weighted by atomic mass is 10.1. The van der Waals surface area contributed by atoms with E-state index in [1.807, 2.05) is 0 Å². The summed E-state index contributed by atoms with van der Waals surface area (Å²) in [7, 11) is 0. The number of rotatable bonds is 5. The molecular weight excluding hydrogens is 262 g/mol. The number of nitrogens with one attached hydrogen (secondary N) is 1. The highest BCUT2D eigenvalue weighted by Crippen LogP contribution is 2.08. The van der Waals surface area contributed by atoms with Gasteiger partial charge in [0.25, 0.3) is 5.91 Å². The first-order valence-electron chi connectivity index (χ1n) is 5.99. The van der Waals surface area contributed by atoms with E-state index in [2.05, 4.69) is 20.8 Å². The SMILES string of the molecule is CC[C@H](NC(=O)c1ccc(-n2cnnn2)cc1)C(=O)O. The Morgan fingerprint density at radius 2 is 2.05 bits per heavy atom. The fourth-order valence-electron chi connectivity index (χ4n) is 1.63. The fourth-order valence-corrected chi connectivity index (χ4v) is 1.63. The number of hydrogen-bond acceptors (Lipinski definition) is 5. The van der Waals surface area contributed by atoms with Gasteiger partial charge in [0.1, 0.15) is 12.4 Å². The van der Waals surface area contributed by atoms with Crippen molar-refractivity contribution < 1.29 is 14.7 Å². The van der Waals surface area contributed by atoms with E-state index in [9.17, 15) is 9.59 Å². The van der Waals surface area contributed by atoms with Gasteiger partial charge in [0.15, 0.2) is 0 Å². The molecule has 104 valence electrons. The summed E-state index contributed by atoms with van der Waals surface area (Å²) >= 11 is 0. The van der Waals surface area contributed by atoms with Crippen molar-refractivity contribution in [2.75, 3.05) is 0 Å². The smallest absolute Gasteiger partial charge is 0.326 e. The number of amides is 1. The van der Waals surface area contributed by atoms with Crippen LogP contribution in [0.5, 0.6) is 0 Å². The predicted octanol–water partition coefficient (Wildman–Crippen LogP) is 0.255. The monoisotopic (exact) mass is 275 g/mol. The largest absolute Gasteiger partial charge is 0.480 e. The number of carboxylic acids is 1. The fraction of sp³-hybridized carbons (Fsp3) is 0.250. The van der Waals surface area contributed by atoms with E-state index in [1.165, 1.54) is 11.0 Å². The number of nitrogens with zero attached hydrogens (tertiary/aromatic N) is 4. The van der Waals surface area contributed by atoms with Crippen LogP contribution in [0, 0.1) is 0 Å². The van der Waals surface area contributed by atoms with Gasteiger partial charge in [-0.2, -0.15) is 0 Å². The van der Waals surface area contributed by atoms with Gasteiger partial charge in [-0.25, -0.2) is 9.48 Å². The number of aliphatic carboxylic acids is 1. The third kappa shape index (κ3) is 2.97. The molecule has 0 aliphatic carbocycles. The van der Waals surface area contributed by atoms with Crippen molar-refractivity contribution in [3.8, 4) is 5.69 Å². The molecule has 0 spiro atoms. The van der Waals surface area contributed by atoms with Gasteiger partial charge >= 0.3 is 5.97 Å². The predicted molar refractivity (Wildman–Crippen MR) is 68.3 cm³/mol. The summed E-state index contributed by atoms with van der Waals surface area (Å²) < 4.78 is 1.45. The molecule has 0 radical (unpaired) electrons. The Balaban J connectivity index is 2.10. The van der Waals surface area contributed by atoms with Crippen LogP contribution in [0.1, 0.15) is 23.7 Å². The molecule has 0 saturated carbocycles. The summed E-state index contributed by atoms with van der Waals surface area (Å²) in [6.45, 7) is 1.69. The average Bonchev–Trinajstić information content (AvgIpc) is 2.98. The summed E-state index contributed by atoms with van der Waals surface area (Å²) in [6.07, 6.45) is 1.76. The van der Waals surface area contributed by atoms with Crippen molar-refractivity contribution in [2.45, 2.75) is 19.4 Å². The molecule has 20 heavy (non-hydrogen) atoms. The molecule has 0 unspecified atom stereocenters. The van der Waals surface area contributed by atoms with Crippen LogP contribution in [-0.2, 0) is 4.79 Å². The summed E-state index contributed by atoms with van der Waals surface area (Å²) in [5.41, 5.74) is 1.08. The number of hydrogen-bond donors (Lipinski definition) is 2. The van der Waals surface area contributed by atoms with Crippen LogP contribution in [0.25, 0.3) is 5.69 Å². The second-order valence-corrected chi connectivity index (χ2v) is 4.07. The highest BCUT2D eigenvalue weighted by Gasteiger charge is 2.18. The third-order valence-electron chi connectivity index (χ3n) is 2.75. The summed E-state index contributed by atoms with van der Waals surface area (Å²) in [4.78, 5) is 22.8. The molecule has 0 aliphatic rings. The lowest BCUT2D eigenvalue weighted by molar-refractivity contribution is -0.139. The summed E-state index contributed by atoms with van der Waals surface area (Å²) in [6, 6.07) is 5.63. The molecule has 0 aliphatic heterocycles. The van der Waals surface area contributed by atoms with Crippen molar-refractivity contribution >= 4 is 11.9 Å². The number of aromatic nitrogens is 4. The Labute approximate surface area is 114 Å². The Bertz CT molecular complexity index is 594. The van der Waals surface area contributed by atoms with Crippen LogP contribution in [0.15, 0.2) is 30.6 Å².